The summed E-state index contributed by atoms with van der Waals surface area (Å²) in [4.78, 5) is 13.7. The number of likely N-dealkylation sites (N-methyl/N-ethyl adjacent to an activating group) is 1. The zero-order valence-corrected chi connectivity index (χ0v) is 16.2. The van der Waals surface area contributed by atoms with Gasteiger partial charge in [-0.1, -0.05) is 40.2 Å². The van der Waals surface area contributed by atoms with E-state index in [0.29, 0.717) is 12.2 Å². The van der Waals surface area contributed by atoms with E-state index in [1.165, 1.54) is 6.42 Å². The van der Waals surface area contributed by atoms with Crippen molar-refractivity contribution in [3.05, 3.63) is 23.8 Å². The van der Waals surface area contributed by atoms with Crippen LogP contribution in [0.5, 0.6) is 11.5 Å². The molecule has 2 atom stereocenters. The van der Waals surface area contributed by atoms with Crippen LogP contribution in [0, 0.1) is 5.92 Å². The topological polar surface area (TPSA) is 59.0 Å². The third kappa shape index (κ3) is 6.01. The number of carbonyl (C=O) groups excluding carboxylic acids is 1. The first kappa shape index (κ1) is 21.5. The Morgan fingerprint density at radius 3 is 2.48 bits per heavy atom. The first-order valence-corrected chi connectivity index (χ1v) is 9.31. The molecular weight excluding hydrogens is 318 g/mol. The number of rotatable bonds is 4. The van der Waals surface area contributed by atoms with Crippen molar-refractivity contribution in [3.8, 4) is 11.5 Å². The third-order valence-corrected chi connectivity index (χ3v) is 4.55. The van der Waals surface area contributed by atoms with Gasteiger partial charge in [0, 0.05) is 13.0 Å². The average molecular weight is 351 g/mol. The van der Waals surface area contributed by atoms with E-state index >= 15 is 0 Å². The monoisotopic (exact) mass is 351 g/mol. The molecule has 1 aromatic rings. The Bertz CT molecular complexity index is 532. The second kappa shape index (κ2) is 11.1. The largest absolute Gasteiger partial charge is 0.454 e. The van der Waals surface area contributed by atoms with Crippen LogP contribution in [0.1, 0.15) is 52.5 Å². The van der Waals surface area contributed by atoms with E-state index in [0.717, 1.165) is 35.9 Å². The van der Waals surface area contributed by atoms with E-state index < -0.39 is 0 Å². The Balaban J connectivity index is 0.000000228. The van der Waals surface area contributed by atoms with Crippen LogP contribution in [0.4, 0.5) is 0 Å². The van der Waals surface area contributed by atoms with Gasteiger partial charge in [0.1, 0.15) is 5.78 Å². The van der Waals surface area contributed by atoms with E-state index in [1.54, 1.807) is 12.1 Å². The molecule has 0 saturated carbocycles. The Morgan fingerprint density at radius 2 is 1.92 bits per heavy atom. The van der Waals surface area contributed by atoms with Gasteiger partial charge in [-0.2, -0.15) is 0 Å². The molecule has 0 aliphatic carbocycles. The molecule has 0 radical (unpaired) electrons. The van der Waals surface area contributed by atoms with Crippen molar-refractivity contribution >= 4 is 5.78 Å². The van der Waals surface area contributed by atoms with E-state index in [4.69, 9.17) is 14.6 Å². The number of ether oxygens (including phenoxy) is 2. The molecule has 1 saturated heterocycles. The van der Waals surface area contributed by atoms with Crippen LogP contribution in [-0.4, -0.2) is 42.2 Å². The van der Waals surface area contributed by atoms with Crippen LogP contribution in [0.2, 0.25) is 0 Å². The summed E-state index contributed by atoms with van der Waals surface area (Å²) in [5.74, 6) is 2.63. The van der Waals surface area contributed by atoms with Crippen LogP contribution in [0.3, 0.4) is 0 Å². The fourth-order valence-corrected chi connectivity index (χ4v) is 3.05. The summed E-state index contributed by atoms with van der Waals surface area (Å²) < 4.78 is 10.2. The number of hydrogen-bond acceptors (Lipinski definition) is 5. The summed E-state index contributed by atoms with van der Waals surface area (Å²) >= 11 is 0. The molecule has 142 valence electrons. The number of aliphatic hydroxyl groups excluding tert-OH is 1. The van der Waals surface area contributed by atoms with Crippen molar-refractivity contribution in [1.29, 1.82) is 0 Å². The van der Waals surface area contributed by atoms with Crippen molar-refractivity contribution in [1.82, 2.24) is 4.90 Å². The Kier molecular flexibility index (Phi) is 9.53. The first-order valence-electron chi connectivity index (χ1n) is 9.31. The number of hydrogen-bond donors (Lipinski definition) is 1. The van der Waals surface area contributed by atoms with Gasteiger partial charge in [-0.15, -0.1) is 0 Å². The number of nitrogens with zero attached hydrogens (tertiary/aromatic N) is 1. The molecule has 1 N–H and O–H groups in total. The second-order valence-electron chi connectivity index (χ2n) is 6.13. The van der Waals surface area contributed by atoms with Crippen molar-refractivity contribution < 1.29 is 19.4 Å². The molecule has 2 aliphatic rings. The van der Waals surface area contributed by atoms with Gasteiger partial charge < -0.3 is 14.6 Å². The number of aliphatic hydroxyl groups is 1. The molecule has 1 fully saturated rings. The lowest BCUT2D eigenvalue weighted by molar-refractivity contribution is -0.122. The predicted molar refractivity (Wildman–Crippen MR) is 99.9 cm³/mol. The molecule has 0 amide bonds. The highest BCUT2D eigenvalue weighted by Crippen LogP contribution is 2.32. The molecule has 0 unspecified atom stereocenters. The summed E-state index contributed by atoms with van der Waals surface area (Å²) in [6, 6.07) is 5.61. The van der Waals surface area contributed by atoms with Crippen molar-refractivity contribution in [3.63, 3.8) is 0 Å². The molecule has 25 heavy (non-hydrogen) atoms. The van der Waals surface area contributed by atoms with Crippen LogP contribution < -0.4 is 9.47 Å². The molecule has 3 rings (SSSR count). The van der Waals surface area contributed by atoms with E-state index in [9.17, 15) is 4.79 Å². The zero-order valence-electron chi connectivity index (χ0n) is 16.2. The van der Waals surface area contributed by atoms with Crippen molar-refractivity contribution in [2.24, 2.45) is 5.92 Å². The summed E-state index contributed by atoms with van der Waals surface area (Å²) in [7, 11) is 2.06. The van der Waals surface area contributed by atoms with Crippen LogP contribution in [0.25, 0.3) is 0 Å². The van der Waals surface area contributed by atoms with Gasteiger partial charge in [0.05, 0.1) is 12.6 Å². The lowest BCUT2D eigenvalue weighted by atomic mass is 10.00. The van der Waals surface area contributed by atoms with Crippen molar-refractivity contribution in [2.45, 2.75) is 59.6 Å². The van der Waals surface area contributed by atoms with E-state index in [1.807, 2.05) is 26.8 Å². The molecule has 2 aliphatic heterocycles. The van der Waals surface area contributed by atoms with Crippen LogP contribution in [0.15, 0.2) is 18.2 Å². The molecular formula is C20H33NO4. The summed E-state index contributed by atoms with van der Waals surface area (Å²) in [5, 5.41) is 8.77. The highest BCUT2D eigenvalue weighted by molar-refractivity contribution is 5.84. The van der Waals surface area contributed by atoms with E-state index in [-0.39, 0.29) is 19.4 Å². The quantitative estimate of drug-likeness (QED) is 0.898. The van der Waals surface area contributed by atoms with E-state index in [2.05, 4.69) is 18.9 Å². The number of ketones is 1. The van der Waals surface area contributed by atoms with Crippen LogP contribution in [-0.2, 0) is 11.4 Å². The number of carbonyl (C=O) groups is 1. The maximum Gasteiger partial charge on any atom is 0.231 e. The summed E-state index contributed by atoms with van der Waals surface area (Å²) in [6.45, 7) is 9.58. The Morgan fingerprint density at radius 1 is 1.24 bits per heavy atom. The van der Waals surface area contributed by atoms with Gasteiger partial charge >= 0.3 is 0 Å². The second-order valence-corrected chi connectivity index (χ2v) is 6.13. The van der Waals surface area contributed by atoms with Crippen molar-refractivity contribution in [2.75, 3.05) is 20.4 Å². The van der Waals surface area contributed by atoms with Gasteiger partial charge in [-0.3, -0.25) is 9.69 Å². The minimum atomic E-state index is 0.0383. The SMILES string of the molecule is CC.CCC(=O)[C@H]1C[C@@H](CC)CN1C.OCc1ccc2c(c1)OCO2. The van der Waals surface area contributed by atoms with Crippen LogP contribution >= 0.6 is 0 Å². The lowest BCUT2D eigenvalue weighted by Gasteiger charge is -2.16. The Hall–Kier alpha value is -1.59. The standard InChI is InChI=1S/C10H19NO.C8H8O3.C2H6/c1-4-8-6-9(10(12)5-2)11(3)7-8;9-4-6-1-2-7-8(3-6)11-5-10-7;1-2/h8-9H,4-7H2,1-3H3;1-3,9H,4-5H2;1-2H3/t8-,9-;;/m1../s1. The Labute approximate surface area is 151 Å². The van der Waals surface area contributed by atoms with Gasteiger partial charge in [-0.05, 0) is 37.1 Å². The smallest absolute Gasteiger partial charge is 0.231 e. The highest BCUT2D eigenvalue weighted by Gasteiger charge is 2.31. The number of fused-ring (bicyclic) bond motifs is 1. The molecule has 0 bridgehead atoms. The third-order valence-electron chi connectivity index (χ3n) is 4.55. The summed E-state index contributed by atoms with van der Waals surface area (Å²) in [5.41, 5.74) is 0.842. The molecule has 5 nitrogen and oxygen atoms in total. The molecule has 0 aromatic heterocycles. The fourth-order valence-electron chi connectivity index (χ4n) is 3.05. The van der Waals surface area contributed by atoms with Gasteiger partial charge in [0.15, 0.2) is 11.5 Å². The first-order chi connectivity index (χ1) is 12.1. The zero-order chi connectivity index (χ0) is 18.8. The fraction of sp³-hybridized carbons (Fsp3) is 0.650. The lowest BCUT2D eigenvalue weighted by Crippen LogP contribution is -2.32. The number of benzene rings is 1. The van der Waals surface area contributed by atoms with Gasteiger partial charge in [-0.25, -0.2) is 0 Å². The van der Waals surface area contributed by atoms with Gasteiger partial charge in [0.2, 0.25) is 6.79 Å². The number of Topliss-reactive ketones (excluding diaryl/α,β-unsaturated/α-hetero) is 1. The molecule has 0 spiro atoms. The van der Waals surface area contributed by atoms with Gasteiger partial charge in [0.25, 0.3) is 0 Å². The molecule has 5 heteroatoms. The maximum absolute atomic E-state index is 11.4. The number of likely N-dealkylation sites (tertiary alicyclic amines) is 1. The molecule has 1 aromatic carbocycles. The minimum absolute atomic E-state index is 0.0383. The average Bonchev–Trinajstić information content (AvgIpc) is 3.28. The summed E-state index contributed by atoms with van der Waals surface area (Å²) in [6.07, 6.45) is 2.98. The highest BCUT2D eigenvalue weighted by atomic mass is 16.7. The maximum atomic E-state index is 11.4. The molecule has 2 heterocycles. The normalized spacial score (nSPS) is 21.0. The predicted octanol–water partition coefficient (Wildman–Crippen LogP) is 3.63. The minimum Gasteiger partial charge on any atom is -0.454 e.